The number of benzene rings is 1. The second kappa shape index (κ2) is 11.2. The quantitative estimate of drug-likeness (QED) is 0.577. The summed E-state index contributed by atoms with van der Waals surface area (Å²) in [4.78, 5) is 42.7. The van der Waals surface area contributed by atoms with Crippen LogP contribution < -0.4 is 5.32 Å². The Balaban J connectivity index is 0.000000858. The van der Waals surface area contributed by atoms with E-state index in [1.165, 1.54) is 9.80 Å². The van der Waals surface area contributed by atoms with E-state index in [9.17, 15) is 14.4 Å². The van der Waals surface area contributed by atoms with Crippen LogP contribution in [-0.2, 0) is 9.59 Å². The van der Waals surface area contributed by atoms with Gasteiger partial charge in [0.2, 0.25) is 0 Å². The van der Waals surface area contributed by atoms with Gasteiger partial charge < -0.3 is 5.32 Å². The third kappa shape index (κ3) is 5.42. The summed E-state index contributed by atoms with van der Waals surface area (Å²) < 4.78 is 0. The van der Waals surface area contributed by atoms with E-state index in [1.807, 2.05) is 44.4 Å². The minimum Gasteiger partial charge on any atom is -0.323 e. The largest absolute Gasteiger partial charge is 0.334 e. The van der Waals surface area contributed by atoms with E-state index in [2.05, 4.69) is 5.32 Å². The van der Waals surface area contributed by atoms with E-state index in [1.54, 1.807) is 6.08 Å². The van der Waals surface area contributed by atoms with Crippen LogP contribution in [0, 0.1) is 0 Å². The van der Waals surface area contributed by atoms with Crippen LogP contribution in [0.1, 0.15) is 69.8 Å². The van der Waals surface area contributed by atoms with Gasteiger partial charge in [-0.05, 0) is 51.4 Å². The Morgan fingerprint density at radius 3 is 1.58 bits per heavy atom. The van der Waals surface area contributed by atoms with Crippen LogP contribution in [0.2, 0.25) is 0 Å². The predicted molar refractivity (Wildman–Crippen MR) is 122 cm³/mol. The van der Waals surface area contributed by atoms with Crippen molar-refractivity contribution in [1.82, 2.24) is 15.1 Å². The Morgan fingerprint density at radius 1 is 0.742 bits per heavy atom. The van der Waals surface area contributed by atoms with Gasteiger partial charge in [-0.2, -0.15) is 0 Å². The fourth-order valence-electron chi connectivity index (χ4n) is 4.80. The molecular formula is C25H35N3O3. The molecular weight excluding hydrogens is 390 g/mol. The van der Waals surface area contributed by atoms with Crippen molar-refractivity contribution in [3.63, 3.8) is 0 Å². The number of amides is 4. The molecule has 1 aromatic rings. The number of urea groups is 1. The van der Waals surface area contributed by atoms with Gasteiger partial charge in [-0.3, -0.25) is 19.4 Å². The second-order valence-electron chi connectivity index (χ2n) is 8.69. The molecule has 1 heterocycles. The first-order valence-corrected chi connectivity index (χ1v) is 11.6. The first-order valence-electron chi connectivity index (χ1n) is 11.6. The molecule has 1 saturated heterocycles. The van der Waals surface area contributed by atoms with Gasteiger partial charge in [0, 0.05) is 12.1 Å². The number of imide groups is 2. The lowest BCUT2D eigenvalue weighted by atomic mass is 9.90. The molecule has 4 rings (SSSR count). The van der Waals surface area contributed by atoms with Crippen molar-refractivity contribution in [1.29, 1.82) is 0 Å². The number of carbonyl (C=O) groups is 3. The van der Waals surface area contributed by atoms with Gasteiger partial charge in [-0.25, -0.2) is 4.79 Å². The highest BCUT2D eigenvalue weighted by Gasteiger charge is 2.47. The first-order chi connectivity index (χ1) is 15.1. The van der Waals surface area contributed by atoms with Gasteiger partial charge in [0.15, 0.2) is 0 Å². The average molecular weight is 426 g/mol. The molecule has 3 aliphatic rings. The van der Waals surface area contributed by atoms with E-state index < -0.39 is 11.8 Å². The summed E-state index contributed by atoms with van der Waals surface area (Å²) >= 11 is 0. The zero-order valence-corrected chi connectivity index (χ0v) is 18.8. The van der Waals surface area contributed by atoms with E-state index in [0.29, 0.717) is 0 Å². The fraction of sp³-hybridized carbons (Fsp3) is 0.560. The van der Waals surface area contributed by atoms with Crippen molar-refractivity contribution in [2.45, 2.75) is 76.3 Å². The van der Waals surface area contributed by atoms with Crippen molar-refractivity contribution in [3.8, 4) is 0 Å². The van der Waals surface area contributed by atoms with Gasteiger partial charge in [0.1, 0.15) is 5.57 Å². The zero-order valence-electron chi connectivity index (χ0n) is 18.8. The second-order valence-corrected chi connectivity index (χ2v) is 8.69. The highest BCUT2D eigenvalue weighted by molar-refractivity contribution is 6.31. The van der Waals surface area contributed by atoms with Crippen LogP contribution >= 0.6 is 0 Å². The van der Waals surface area contributed by atoms with Crippen LogP contribution in [0.15, 0.2) is 35.9 Å². The molecule has 3 fully saturated rings. The number of hydrogen-bond donors (Lipinski definition) is 1. The van der Waals surface area contributed by atoms with Crippen molar-refractivity contribution < 1.29 is 14.4 Å². The minimum atomic E-state index is -0.419. The lowest BCUT2D eigenvalue weighted by Gasteiger charge is -2.43. The maximum Gasteiger partial charge on any atom is 0.334 e. The van der Waals surface area contributed by atoms with E-state index in [4.69, 9.17) is 0 Å². The SMILES string of the molecule is CNC.O=C1C(=Cc2ccccc2)C(=O)N(C2CCCCC2)C(=O)N1C1CCCCC1. The standard InChI is InChI=1S/C23H28N2O3.C2H7N/c26-21-20(16-17-10-4-1-5-11-17)22(27)25(19-14-8-3-9-15-19)23(28)24(21)18-12-6-2-7-13-18;1-3-2/h1,4-5,10-11,16,18-19H,2-3,6-9,12-15H2;3H,1-2H3. The smallest absolute Gasteiger partial charge is 0.323 e. The number of barbiturate groups is 1. The Morgan fingerprint density at radius 2 is 1.16 bits per heavy atom. The fourth-order valence-corrected chi connectivity index (χ4v) is 4.80. The summed E-state index contributed by atoms with van der Waals surface area (Å²) in [5.41, 5.74) is 0.933. The van der Waals surface area contributed by atoms with Gasteiger partial charge in [-0.15, -0.1) is 0 Å². The molecule has 0 unspecified atom stereocenters. The Kier molecular flexibility index (Phi) is 8.41. The molecule has 6 nitrogen and oxygen atoms in total. The summed E-state index contributed by atoms with van der Waals surface area (Å²) in [5.74, 6) is -0.837. The molecule has 0 bridgehead atoms. The number of rotatable bonds is 3. The summed E-state index contributed by atoms with van der Waals surface area (Å²) in [7, 11) is 3.75. The normalized spacial score (nSPS) is 21.1. The minimum absolute atomic E-state index is 0.0906. The number of nitrogens with zero attached hydrogens (tertiary/aromatic N) is 2. The number of nitrogens with one attached hydrogen (secondary N) is 1. The molecule has 0 aromatic heterocycles. The molecule has 6 heteroatoms. The van der Waals surface area contributed by atoms with Crippen LogP contribution in [0.3, 0.4) is 0 Å². The van der Waals surface area contributed by atoms with E-state index in [0.717, 1.165) is 69.8 Å². The van der Waals surface area contributed by atoms with Crippen molar-refractivity contribution in [3.05, 3.63) is 41.5 Å². The zero-order chi connectivity index (χ0) is 22.2. The molecule has 31 heavy (non-hydrogen) atoms. The molecule has 0 spiro atoms. The first kappa shape index (κ1) is 23.2. The van der Waals surface area contributed by atoms with Crippen LogP contribution in [0.4, 0.5) is 4.79 Å². The molecule has 1 aliphatic heterocycles. The molecule has 1 aromatic carbocycles. The molecule has 1 N–H and O–H groups in total. The topological polar surface area (TPSA) is 69.7 Å². The third-order valence-corrected chi connectivity index (χ3v) is 6.30. The Bertz CT molecular complexity index is 751. The molecule has 2 aliphatic carbocycles. The van der Waals surface area contributed by atoms with Gasteiger partial charge in [0.05, 0.1) is 0 Å². The molecule has 0 radical (unpaired) electrons. The lowest BCUT2D eigenvalue weighted by molar-refractivity contribution is -0.139. The Labute approximate surface area is 185 Å². The highest BCUT2D eigenvalue weighted by Crippen LogP contribution is 2.33. The van der Waals surface area contributed by atoms with Crippen molar-refractivity contribution >= 4 is 23.9 Å². The average Bonchev–Trinajstić information content (AvgIpc) is 2.79. The van der Waals surface area contributed by atoms with Crippen molar-refractivity contribution in [2.75, 3.05) is 14.1 Å². The summed E-state index contributed by atoms with van der Waals surface area (Å²) in [5, 5.41) is 2.75. The van der Waals surface area contributed by atoms with Crippen LogP contribution in [-0.4, -0.2) is 53.8 Å². The van der Waals surface area contributed by atoms with E-state index in [-0.39, 0.29) is 23.7 Å². The van der Waals surface area contributed by atoms with Gasteiger partial charge in [-0.1, -0.05) is 68.9 Å². The van der Waals surface area contributed by atoms with Crippen molar-refractivity contribution in [2.24, 2.45) is 0 Å². The highest BCUT2D eigenvalue weighted by atomic mass is 16.2. The van der Waals surface area contributed by atoms with E-state index >= 15 is 0 Å². The molecule has 0 atom stereocenters. The van der Waals surface area contributed by atoms with Crippen LogP contribution in [0.5, 0.6) is 0 Å². The summed E-state index contributed by atoms with van der Waals surface area (Å²) in [6.07, 6.45) is 11.4. The van der Waals surface area contributed by atoms with Gasteiger partial charge >= 0.3 is 6.03 Å². The molecule has 168 valence electrons. The summed E-state index contributed by atoms with van der Waals surface area (Å²) in [6, 6.07) is 8.84. The maximum absolute atomic E-state index is 13.3. The summed E-state index contributed by atoms with van der Waals surface area (Å²) in [6.45, 7) is 0. The predicted octanol–water partition coefficient (Wildman–Crippen LogP) is 4.36. The van der Waals surface area contributed by atoms with Gasteiger partial charge in [0.25, 0.3) is 11.8 Å². The Hall–Kier alpha value is -2.47. The number of hydrogen-bond acceptors (Lipinski definition) is 4. The molecule has 2 saturated carbocycles. The lowest BCUT2D eigenvalue weighted by Crippen LogP contribution is -2.62. The molecule has 4 amide bonds. The maximum atomic E-state index is 13.3. The monoisotopic (exact) mass is 425 g/mol. The van der Waals surface area contributed by atoms with Crippen LogP contribution in [0.25, 0.3) is 6.08 Å². The third-order valence-electron chi connectivity index (χ3n) is 6.30. The number of carbonyl (C=O) groups excluding carboxylic acids is 3.